The molecule has 35 heavy (non-hydrogen) atoms. The molecule has 2 fully saturated rings. The summed E-state index contributed by atoms with van der Waals surface area (Å²) in [6.45, 7) is 13.5. The normalized spacial score (nSPS) is 25.3. The van der Waals surface area contributed by atoms with Crippen LogP contribution in [0.5, 0.6) is 0 Å². The maximum absolute atomic E-state index is 13.2. The van der Waals surface area contributed by atoms with Crippen LogP contribution in [0.2, 0.25) is 0 Å². The lowest BCUT2D eigenvalue weighted by atomic mass is 9.84. The van der Waals surface area contributed by atoms with E-state index in [1.807, 2.05) is 18.7 Å². The number of rotatable bonds is 3. The maximum Gasteiger partial charge on any atom is 0.257 e. The lowest BCUT2D eigenvalue weighted by Gasteiger charge is -2.53. The van der Waals surface area contributed by atoms with E-state index in [4.69, 9.17) is 0 Å². The summed E-state index contributed by atoms with van der Waals surface area (Å²) < 4.78 is 1.19. The molecule has 0 saturated carbocycles. The van der Waals surface area contributed by atoms with Crippen molar-refractivity contribution in [1.82, 2.24) is 24.7 Å². The van der Waals surface area contributed by atoms with Gasteiger partial charge >= 0.3 is 0 Å². The molecule has 6 nitrogen and oxygen atoms in total. The number of aryl methyl sites for hydroxylation is 3. The van der Waals surface area contributed by atoms with Gasteiger partial charge in [-0.3, -0.25) is 14.6 Å². The number of aromatic nitrogens is 2. The first-order valence-corrected chi connectivity index (χ1v) is 13.9. The summed E-state index contributed by atoms with van der Waals surface area (Å²) in [7, 11) is 0. The summed E-state index contributed by atoms with van der Waals surface area (Å²) in [6, 6.07) is 7.90. The van der Waals surface area contributed by atoms with Crippen LogP contribution in [0.3, 0.4) is 0 Å². The number of hydrogen-bond acceptors (Lipinski definition) is 5. The van der Waals surface area contributed by atoms with E-state index in [-0.39, 0.29) is 11.4 Å². The Balaban J connectivity index is 1.23. The van der Waals surface area contributed by atoms with Crippen molar-refractivity contribution in [3.05, 3.63) is 57.1 Å². The number of piperazine rings is 1. The highest BCUT2D eigenvalue weighted by molar-refractivity contribution is 9.10. The lowest BCUT2D eigenvalue weighted by Crippen LogP contribution is -2.62. The van der Waals surface area contributed by atoms with E-state index in [1.54, 1.807) is 6.33 Å². The van der Waals surface area contributed by atoms with Crippen molar-refractivity contribution in [3.63, 3.8) is 0 Å². The van der Waals surface area contributed by atoms with E-state index in [0.717, 1.165) is 57.0 Å². The fourth-order valence-corrected chi connectivity index (χ4v) is 6.96. The highest BCUT2D eigenvalue weighted by atomic mass is 79.9. The second-order valence-corrected chi connectivity index (χ2v) is 11.9. The second kappa shape index (κ2) is 9.91. The number of likely N-dealkylation sites (tertiary alicyclic amines) is 1. The average molecular weight is 541 g/mol. The number of fused-ring (bicyclic) bond motifs is 1. The molecule has 0 N–H and O–H groups in total. The Morgan fingerprint density at radius 3 is 2.49 bits per heavy atom. The third-order valence-electron chi connectivity index (χ3n) is 8.80. The Bertz CT molecular complexity index is 1080. The largest absolute Gasteiger partial charge is 0.338 e. The standard InChI is InChI=1S/C28H38BrN5O/c1-19-17-33(14-15-34(19)25-7-5-6-22-8-9-23(29)16-24(22)25)28(4)10-12-32(13-11-28)27(35)26-20(2)30-18-31-21(26)3/h8-9,16,18-19,25H,5-7,10-15,17H2,1-4H3. The van der Waals surface area contributed by atoms with Gasteiger partial charge < -0.3 is 4.90 Å². The first kappa shape index (κ1) is 24.8. The number of hydrogen-bond donors (Lipinski definition) is 0. The van der Waals surface area contributed by atoms with Crippen molar-refractivity contribution in [2.24, 2.45) is 0 Å². The molecule has 1 aromatic carbocycles. The average Bonchev–Trinajstić information content (AvgIpc) is 2.84. The Hall–Kier alpha value is -1.83. The van der Waals surface area contributed by atoms with Crippen molar-refractivity contribution in [3.8, 4) is 0 Å². The van der Waals surface area contributed by atoms with Crippen molar-refractivity contribution in [2.75, 3.05) is 32.7 Å². The summed E-state index contributed by atoms with van der Waals surface area (Å²) in [5.74, 6) is 0.0861. The summed E-state index contributed by atoms with van der Waals surface area (Å²) in [6.07, 6.45) is 7.30. The van der Waals surface area contributed by atoms with Gasteiger partial charge in [0.15, 0.2) is 0 Å². The Labute approximate surface area is 218 Å². The van der Waals surface area contributed by atoms with Gasteiger partial charge in [0, 0.05) is 54.8 Å². The number of benzene rings is 1. The fraction of sp³-hybridized carbons (Fsp3) is 0.607. The molecule has 1 aliphatic carbocycles. The lowest BCUT2D eigenvalue weighted by molar-refractivity contribution is -0.0322. The zero-order valence-electron chi connectivity index (χ0n) is 21.6. The number of halogens is 1. The zero-order valence-corrected chi connectivity index (χ0v) is 23.1. The van der Waals surface area contributed by atoms with Crippen molar-refractivity contribution >= 4 is 21.8 Å². The van der Waals surface area contributed by atoms with Gasteiger partial charge in [0.1, 0.15) is 6.33 Å². The van der Waals surface area contributed by atoms with Crippen LogP contribution >= 0.6 is 15.9 Å². The highest BCUT2D eigenvalue weighted by Gasteiger charge is 2.41. The van der Waals surface area contributed by atoms with Crippen LogP contribution in [0.1, 0.15) is 78.4 Å². The molecule has 188 valence electrons. The monoisotopic (exact) mass is 539 g/mol. The molecule has 2 saturated heterocycles. The minimum atomic E-state index is 0.0861. The molecule has 0 bridgehead atoms. The molecule has 7 heteroatoms. The SMILES string of the molecule is Cc1ncnc(C)c1C(=O)N1CCC(C)(N2CCN(C3CCCc4ccc(Br)cc43)C(C)C2)CC1. The number of piperidine rings is 1. The van der Waals surface area contributed by atoms with Gasteiger partial charge in [0.25, 0.3) is 5.91 Å². The van der Waals surface area contributed by atoms with Crippen LogP contribution in [-0.2, 0) is 6.42 Å². The molecule has 2 atom stereocenters. The van der Waals surface area contributed by atoms with Gasteiger partial charge in [0.2, 0.25) is 0 Å². The van der Waals surface area contributed by atoms with Crippen molar-refractivity contribution in [1.29, 1.82) is 0 Å². The van der Waals surface area contributed by atoms with Crippen LogP contribution in [-0.4, -0.2) is 74.9 Å². The number of nitrogens with zero attached hydrogens (tertiary/aromatic N) is 5. The van der Waals surface area contributed by atoms with Crippen LogP contribution in [0.4, 0.5) is 0 Å². The van der Waals surface area contributed by atoms with Gasteiger partial charge in [-0.15, -0.1) is 0 Å². The second-order valence-electron chi connectivity index (χ2n) is 11.0. The fourth-order valence-electron chi connectivity index (χ4n) is 6.58. The van der Waals surface area contributed by atoms with Gasteiger partial charge in [-0.1, -0.05) is 22.0 Å². The van der Waals surface area contributed by atoms with Crippen LogP contribution in [0.15, 0.2) is 29.0 Å². The van der Waals surface area contributed by atoms with E-state index in [9.17, 15) is 4.79 Å². The van der Waals surface area contributed by atoms with Crippen LogP contribution < -0.4 is 0 Å². The predicted molar refractivity (Wildman–Crippen MR) is 143 cm³/mol. The van der Waals surface area contributed by atoms with E-state index in [2.05, 4.69) is 67.7 Å². The topological polar surface area (TPSA) is 52.6 Å². The van der Waals surface area contributed by atoms with Gasteiger partial charge in [-0.05, 0) is 83.1 Å². The molecule has 5 rings (SSSR count). The molecule has 1 aromatic heterocycles. The predicted octanol–water partition coefficient (Wildman–Crippen LogP) is 4.93. The molecule has 2 aromatic rings. The molecule has 2 unspecified atom stereocenters. The molecule has 1 amide bonds. The van der Waals surface area contributed by atoms with E-state index < -0.39 is 0 Å². The molecule has 0 spiro atoms. The van der Waals surface area contributed by atoms with Gasteiger partial charge in [0.05, 0.1) is 17.0 Å². The Kier molecular flexibility index (Phi) is 7.03. The zero-order chi connectivity index (χ0) is 24.7. The molecule has 2 aliphatic heterocycles. The summed E-state index contributed by atoms with van der Waals surface area (Å²) in [5.41, 5.74) is 5.42. The summed E-state index contributed by atoms with van der Waals surface area (Å²) in [5, 5.41) is 0. The molecule has 3 aliphatic rings. The molecule has 0 radical (unpaired) electrons. The van der Waals surface area contributed by atoms with Crippen LogP contribution in [0, 0.1) is 13.8 Å². The van der Waals surface area contributed by atoms with Crippen molar-refractivity contribution in [2.45, 2.75) is 77.4 Å². The number of carbonyl (C=O) groups is 1. The van der Waals surface area contributed by atoms with Crippen LogP contribution in [0.25, 0.3) is 0 Å². The third kappa shape index (κ3) is 4.79. The summed E-state index contributed by atoms with van der Waals surface area (Å²) >= 11 is 3.70. The minimum Gasteiger partial charge on any atom is -0.338 e. The quantitative estimate of drug-likeness (QED) is 0.553. The molecule has 3 heterocycles. The first-order valence-electron chi connectivity index (χ1n) is 13.1. The van der Waals surface area contributed by atoms with Gasteiger partial charge in [-0.2, -0.15) is 0 Å². The molecular formula is C28H38BrN5O. The highest BCUT2D eigenvalue weighted by Crippen LogP contribution is 2.39. The number of carbonyl (C=O) groups excluding carboxylic acids is 1. The van der Waals surface area contributed by atoms with Crippen molar-refractivity contribution < 1.29 is 4.79 Å². The smallest absolute Gasteiger partial charge is 0.257 e. The maximum atomic E-state index is 13.2. The first-order chi connectivity index (χ1) is 16.8. The minimum absolute atomic E-state index is 0.0861. The van der Waals surface area contributed by atoms with E-state index in [1.165, 1.54) is 34.9 Å². The molecular weight excluding hydrogens is 502 g/mol. The number of amides is 1. The Morgan fingerprint density at radius 1 is 1.09 bits per heavy atom. The van der Waals surface area contributed by atoms with E-state index >= 15 is 0 Å². The third-order valence-corrected chi connectivity index (χ3v) is 9.29. The van der Waals surface area contributed by atoms with E-state index in [0.29, 0.717) is 17.6 Å². The van der Waals surface area contributed by atoms with Gasteiger partial charge in [-0.25, -0.2) is 9.97 Å². The summed E-state index contributed by atoms with van der Waals surface area (Å²) in [4.78, 5) is 29.2. The Morgan fingerprint density at radius 2 is 1.80 bits per heavy atom.